The van der Waals surface area contributed by atoms with Crippen LogP contribution in [0.1, 0.15) is 47.2 Å². The predicted molar refractivity (Wildman–Crippen MR) is 175 cm³/mol. The molecule has 0 saturated heterocycles. The largest absolute Gasteiger partial charge is 0.506 e. The van der Waals surface area contributed by atoms with Crippen LogP contribution in [0.2, 0.25) is 0 Å². The van der Waals surface area contributed by atoms with Crippen molar-refractivity contribution in [1.82, 2.24) is 5.32 Å². The number of aliphatic carboxylic acids is 1. The molecule has 0 aliphatic carbocycles. The van der Waals surface area contributed by atoms with Gasteiger partial charge in [-0.2, -0.15) is 13.2 Å². The molecule has 4 rings (SSSR count). The number of anilines is 2. The zero-order valence-corrected chi connectivity index (χ0v) is 26.6. The Bertz CT molecular complexity index is 1860. The number of aryl methyl sites for hydroxylation is 2. The summed E-state index contributed by atoms with van der Waals surface area (Å²) in [6.07, 6.45) is -4.65. The Morgan fingerprint density at radius 1 is 0.857 bits per heavy atom. The molecule has 4 aromatic carbocycles. The fourth-order valence-corrected chi connectivity index (χ4v) is 4.83. The molecule has 0 radical (unpaired) electrons. The van der Waals surface area contributed by atoms with E-state index in [2.05, 4.69) is 10.6 Å². The first kappa shape index (κ1) is 36.1. The fourth-order valence-electron chi connectivity index (χ4n) is 4.83. The molecule has 0 spiro atoms. The van der Waals surface area contributed by atoms with Gasteiger partial charge in [0.25, 0.3) is 5.91 Å². The van der Waals surface area contributed by atoms with E-state index in [0.29, 0.717) is 25.1 Å². The molecule has 5 N–H and O–H groups in total. The number of hydrogen-bond donors (Lipinski definition) is 5. The van der Waals surface area contributed by atoms with Crippen LogP contribution in [0.3, 0.4) is 0 Å². The minimum absolute atomic E-state index is 0.0631. The Labute approximate surface area is 279 Å². The number of nitrogens with one attached hydrogen (secondary N) is 3. The maximum atomic E-state index is 13.2. The number of amides is 3. The summed E-state index contributed by atoms with van der Waals surface area (Å²) in [5, 5.41) is 26.7. The van der Waals surface area contributed by atoms with Gasteiger partial charge < -0.3 is 35.6 Å². The first-order valence-corrected chi connectivity index (χ1v) is 15.2. The summed E-state index contributed by atoms with van der Waals surface area (Å²) in [6, 6.07) is 16.6. The van der Waals surface area contributed by atoms with Crippen molar-refractivity contribution in [2.24, 2.45) is 0 Å². The summed E-state index contributed by atoms with van der Waals surface area (Å²) in [6.45, 7) is 4.58. The van der Waals surface area contributed by atoms with Crippen LogP contribution in [0.4, 0.5) is 24.5 Å². The van der Waals surface area contributed by atoms with Crippen LogP contribution in [0.25, 0.3) is 10.8 Å². The number of hydrogen-bond acceptors (Lipinski definition) is 7. The zero-order valence-electron chi connectivity index (χ0n) is 26.6. The zero-order chi connectivity index (χ0) is 35.7. The topological polar surface area (TPSA) is 163 Å². The number of carbonyl (C=O) groups excluding carboxylic acids is 3. The van der Waals surface area contributed by atoms with E-state index in [0.717, 1.165) is 22.9 Å². The lowest BCUT2D eigenvalue weighted by Crippen LogP contribution is -2.30. The maximum Gasteiger partial charge on any atom is 0.471 e. The van der Waals surface area contributed by atoms with Crippen LogP contribution < -0.4 is 25.4 Å². The Kier molecular flexibility index (Phi) is 11.7. The summed E-state index contributed by atoms with van der Waals surface area (Å²) in [5.74, 6) is -4.39. The number of rotatable bonds is 14. The third kappa shape index (κ3) is 9.86. The van der Waals surface area contributed by atoms with Gasteiger partial charge in [-0.05, 0) is 74.7 Å². The van der Waals surface area contributed by atoms with Crippen LogP contribution in [-0.2, 0) is 14.4 Å². The molecule has 0 atom stereocenters. The van der Waals surface area contributed by atoms with E-state index >= 15 is 0 Å². The van der Waals surface area contributed by atoms with E-state index in [-0.39, 0.29) is 52.9 Å². The minimum Gasteiger partial charge on any atom is -0.506 e. The van der Waals surface area contributed by atoms with Gasteiger partial charge in [-0.1, -0.05) is 29.8 Å². The van der Waals surface area contributed by atoms with E-state index in [9.17, 15) is 37.5 Å². The SMILES string of the molecule is Cc1ccc(OCCCCNC(=O)c2cc(Oc3ccc(NC(=O)CCC(=O)O)cc3)c3c(NC(=O)C(F)(F)F)cccc3c2O)c(C)c1. The molecule has 0 bridgehead atoms. The number of aromatic hydroxyl groups is 1. The molecule has 0 aromatic heterocycles. The third-order valence-electron chi connectivity index (χ3n) is 7.22. The van der Waals surface area contributed by atoms with E-state index < -0.39 is 35.6 Å². The van der Waals surface area contributed by atoms with E-state index in [1.165, 1.54) is 42.5 Å². The average molecular weight is 682 g/mol. The van der Waals surface area contributed by atoms with Gasteiger partial charge in [0.2, 0.25) is 5.91 Å². The standard InChI is InChI=1S/C35H34F3N3O8/c1-20-8-13-27(21(2)18-20)48-17-4-3-16-39-33(46)25-19-28(49-23-11-9-22(10-12-23)40-29(42)14-15-30(43)44)31-24(32(25)45)6-5-7-26(31)41-34(47)35(36,37)38/h5-13,18-19,45H,3-4,14-17H2,1-2H3,(H,39,46)(H,40,42)(H,41,47)(H,43,44). The lowest BCUT2D eigenvalue weighted by atomic mass is 10.0. The molecule has 0 heterocycles. The van der Waals surface area contributed by atoms with Gasteiger partial charge >= 0.3 is 18.1 Å². The molecule has 0 aliphatic heterocycles. The number of alkyl halides is 3. The molecule has 0 fully saturated rings. The highest BCUT2D eigenvalue weighted by atomic mass is 19.4. The van der Waals surface area contributed by atoms with Gasteiger partial charge in [0, 0.05) is 24.0 Å². The molecule has 258 valence electrons. The van der Waals surface area contributed by atoms with Gasteiger partial charge in [0.1, 0.15) is 23.0 Å². The van der Waals surface area contributed by atoms with Crippen molar-refractivity contribution < 1.29 is 52.0 Å². The average Bonchev–Trinajstić information content (AvgIpc) is 3.04. The molecule has 4 aromatic rings. The van der Waals surface area contributed by atoms with Crippen LogP contribution >= 0.6 is 0 Å². The quantitative estimate of drug-likeness (QED) is 0.0903. The number of benzene rings is 4. The molecular weight excluding hydrogens is 647 g/mol. The molecule has 0 unspecified atom stereocenters. The first-order valence-electron chi connectivity index (χ1n) is 15.2. The molecule has 14 heteroatoms. The number of carboxylic acid groups (broad SMARTS) is 1. The van der Waals surface area contributed by atoms with Gasteiger partial charge in [-0.3, -0.25) is 19.2 Å². The molecule has 0 aliphatic rings. The maximum absolute atomic E-state index is 13.2. The summed E-state index contributed by atoms with van der Waals surface area (Å²) in [5.41, 5.74) is 1.89. The van der Waals surface area contributed by atoms with Gasteiger partial charge in [-0.15, -0.1) is 0 Å². The van der Waals surface area contributed by atoms with Crippen molar-refractivity contribution in [1.29, 1.82) is 0 Å². The predicted octanol–water partition coefficient (Wildman–Crippen LogP) is 6.85. The van der Waals surface area contributed by atoms with Crippen LogP contribution in [0, 0.1) is 13.8 Å². The number of ether oxygens (including phenoxy) is 2. The number of carbonyl (C=O) groups is 4. The molecule has 0 saturated carbocycles. The lowest BCUT2D eigenvalue weighted by Gasteiger charge is -2.18. The molecule has 3 amide bonds. The highest BCUT2D eigenvalue weighted by Crippen LogP contribution is 2.42. The Morgan fingerprint density at radius 2 is 1.59 bits per heavy atom. The smallest absolute Gasteiger partial charge is 0.471 e. The summed E-state index contributed by atoms with van der Waals surface area (Å²) < 4.78 is 51.2. The van der Waals surface area contributed by atoms with E-state index in [1.54, 1.807) is 5.32 Å². The van der Waals surface area contributed by atoms with Gasteiger partial charge in [0.15, 0.2) is 0 Å². The second-order valence-corrected chi connectivity index (χ2v) is 11.1. The lowest BCUT2D eigenvalue weighted by molar-refractivity contribution is -0.167. The first-order chi connectivity index (χ1) is 23.2. The van der Waals surface area contributed by atoms with E-state index in [4.69, 9.17) is 14.6 Å². The van der Waals surface area contributed by atoms with Gasteiger partial charge in [0.05, 0.1) is 29.7 Å². The highest BCUT2D eigenvalue weighted by Gasteiger charge is 2.39. The van der Waals surface area contributed by atoms with Crippen LogP contribution in [0.5, 0.6) is 23.0 Å². The minimum atomic E-state index is -5.21. The van der Waals surface area contributed by atoms with Gasteiger partial charge in [-0.25, -0.2) is 0 Å². The van der Waals surface area contributed by atoms with Crippen molar-refractivity contribution in [2.75, 3.05) is 23.8 Å². The van der Waals surface area contributed by atoms with Crippen molar-refractivity contribution >= 4 is 45.8 Å². The monoisotopic (exact) mass is 681 g/mol. The number of unbranched alkanes of at least 4 members (excludes halogenated alkanes) is 1. The second kappa shape index (κ2) is 15.9. The van der Waals surface area contributed by atoms with E-state index in [1.807, 2.05) is 32.0 Å². The summed E-state index contributed by atoms with van der Waals surface area (Å²) in [7, 11) is 0. The summed E-state index contributed by atoms with van der Waals surface area (Å²) >= 11 is 0. The van der Waals surface area contributed by atoms with Crippen molar-refractivity contribution in [3.8, 4) is 23.0 Å². The van der Waals surface area contributed by atoms with Crippen LogP contribution in [0.15, 0.2) is 66.7 Å². The normalized spacial score (nSPS) is 11.1. The van der Waals surface area contributed by atoms with Crippen molar-refractivity contribution in [3.63, 3.8) is 0 Å². The Morgan fingerprint density at radius 3 is 2.27 bits per heavy atom. The Balaban J connectivity index is 1.54. The molecular formula is C35H34F3N3O8. The molecule has 49 heavy (non-hydrogen) atoms. The summed E-state index contributed by atoms with van der Waals surface area (Å²) in [4.78, 5) is 47.8. The van der Waals surface area contributed by atoms with Crippen molar-refractivity contribution in [2.45, 2.75) is 45.7 Å². The highest BCUT2D eigenvalue weighted by molar-refractivity contribution is 6.12. The second-order valence-electron chi connectivity index (χ2n) is 11.1. The van der Waals surface area contributed by atoms with Crippen LogP contribution in [-0.4, -0.2) is 53.2 Å². The van der Waals surface area contributed by atoms with Crippen molar-refractivity contribution in [3.05, 3.63) is 83.4 Å². The number of phenolic OH excluding ortho intramolecular Hbond substituents is 1. The molecule has 11 nitrogen and oxygen atoms in total. The number of halogens is 3. The number of carboxylic acids is 1. The number of fused-ring (bicyclic) bond motifs is 1. The number of phenols is 1. The Hall–Kier alpha value is -5.79. The third-order valence-corrected chi connectivity index (χ3v) is 7.22. The fraction of sp³-hybridized carbons (Fsp3) is 0.257.